The van der Waals surface area contributed by atoms with Crippen LogP contribution in [0.4, 0.5) is 5.82 Å². The van der Waals surface area contributed by atoms with Gasteiger partial charge in [0.25, 0.3) is 5.91 Å². The Morgan fingerprint density at radius 2 is 2.05 bits per heavy atom. The number of carboxylic acids is 1. The molecule has 20 heavy (non-hydrogen) atoms. The molecule has 0 bridgehead atoms. The lowest BCUT2D eigenvalue weighted by Gasteiger charge is -2.04. The number of nitrogens with zero attached hydrogens (tertiary/aromatic N) is 2. The Kier molecular flexibility index (Phi) is 4.18. The van der Waals surface area contributed by atoms with Crippen LogP contribution in [0.3, 0.4) is 0 Å². The van der Waals surface area contributed by atoms with Crippen molar-refractivity contribution in [3.8, 4) is 0 Å². The maximum absolute atomic E-state index is 12.0. The standard InChI is InChI=1S/C14H11N3O3/c18-13(19)7-6-10-3-1-4-11(9-10)14(20)16-12-5-2-8-15-17-12/h1-9H,(H,18,19)(H,16,17,20)/b7-6+. The van der Waals surface area contributed by atoms with E-state index in [0.717, 1.165) is 6.08 Å². The molecule has 0 aliphatic carbocycles. The van der Waals surface area contributed by atoms with Crippen molar-refractivity contribution in [1.82, 2.24) is 10.2 Å². The summed E-state index contributed by atoms with van der Waals surface area (Å²) < 4.78 is 0. The maximum atomic E-state index is 12.0. The molecule has 0 aliphatic heterocycles. The van der Waals surface area contributed by atoms with E-state index in [0.29, 0.717) is 16.9 Å². The van der Waals surface area contributed by atoms with Crippen molar-refractivity contribution >= 4 is 23.8 Å². The van der Waals surface area contributed by atoms with Crippen LogP contribution in [0, 0.1) is 0 Å². The number of carboxylic acid groups (broad SMARTS) is 1. The second-order valence-electron chi connectivity index (χ2n) is 3.86. The first-order valence-electron chi connectivity index (χ1n) is 5.75. The van der Waals surface area contributed by atoms with E-state index in [2.05, 4.69) is 15.5 Å². The van der Waals surface area contributed by atoms with Gasteiger partial charge < -0.3 is 10.4 Å². The maximum Gasteiger partial charge on any atom is 0.328 e. The Morgan fingerprint density at radius 3 is 2.75 bits per heavy atom. The Hall–Kier alpha value is -3.02. The molecular weight excluding hydrogens is 258 g/mol. The molecule has 0 unspecified atom stereocenters. The van der Waals surface area contributed by atoms with Crippen molar-refractivity contribution in [1.29, 1.82) is 0 Å². The van der Waals surface area contributed by atoms with Crippen molar-refractivity contribution in [3.63, 3.8) is 0 Å². The summed E-state index contributed by atoms with van der Waals surface area (Å²) in [6.45, 7) is 0. The fourth-order valence-corrected chi connectivity index (χ4v) is 1.51. The predicted octanol–water partition coefficient (Wildman–Crippen LogP) is 1.83. The highest BCUT2D eigenvalue weighted by Gasteiger charge is 2.06. The van der Waals surface area contributed by atoms with Gasteiger partial charge in [-0.05, 0) is 35.9 Å². The summed E-state index contributed by atoms with van der Waals surface area (Å²) in [7, 11) is 0. The molecule has 0 saturated carbocycles. The summed E-state index contributed by atoms with van der Waals surface area (Å²) in [5.41, 5.74) is 1.03. The molecule has 0 atom stereocenters. The van der Waals surface area contributed by atoms with Crippen LogP contribution in [-0.2, 0) is 4.79 Å². The average Bonchev–Trinajstić information content (AvgIpc) is 2.46. The predicted molar refractivity (Wildman–Crippen MR) is 73.1 cm³/mol. The molecule has 1 heterocycles. The van der Waals surface area contributed by atoms with Crippen molar-refractivity contribution in [2.75, 3.05) is 5.32 Å². The minimum Gasteiger partial charge on any atom is -0.478 e. The Morgan fingerprint density at radius 1 is 1.20 bits per heavy atom. The van der Waals surface area contributed by atoms with Crippen LogP contribution >= 0.6 is 0 Å². The van der Waals surface area contributed by atoms with E-state index in [1.165, 1.54) is 12.3 Å². The molecule has 0 saturated heterocycles. The van der Waals surface area contributed by atoms with Crippen LogP contribution in [0.2, 0.25) is 0 Å². The smallest absolute Gasteiger partial charge is 0.328 e. The number of carbonyl (C=O) groups is 2. The molecule has 1 aromatic carbocycles. The summed E-state index contributed by atoms with van der Waals surface area (Å²) in [5.74, 6) is -1.03. The number of aromatic nitrogens is 2. The van der Waals surface area contributed by atoms with E-state index >= 15 is 0 Å². The van der Waals surface area contributed by atoms with Gasteiger partial charge in [0.15, 0.2) is 5.82 Å². The number of aliphatic carboxylic acids is 1. The first kappa shape index (κ1) is 13.4. The van der Waals surface area contributed by atoms with Gasteiger partial charge in [-0.15, -0.1) is 5.10 Å². The van der Waals surface area contributed by atoms with Gasteiger partial charge >= 0.3 is 5.97 Å². The lowest BCUT2D eigenvalue weighted by molar-refractivity contribution is -0.131. The third kappa shape index (κ3) is 3.74. The number of hydrogen-bond donors (Lipinski definition) is 2. The highest BCUT2D eigenvalue weighted by Crippen LogP contribution is 2.09. The topological polar surface area (TPSA) is 92.2 Å². The largest absolute Gasteiger partial charge is 0.478 e. The number of rotatable bonds is 4. The zero-order chi connectivity index (χ0) is 14.4. The third-order valence-corrected chi connectivity index (χ3v) is 2.38. The SMILES string of the molecule is O=C(O)/C=C/c1cccc(C(=O)Nc2cccnn2)c1. The van der Waals surface area contributed by atoms with Gasteiger partial charge in [-0.2, -0.15) is 5.10 Å². The van der Waals surface area contributed by atoms with Crippen LogP contribution in [0.1, 0.15) is 15.9 Å². The minimum atomic E-state index is -1.04. The van der Waals surface area contributed by atoms with Crippen molar-refractivity contribution in [3.05, 3.63) is 59.8 Å². The fourth-order valence-electron chi connectivity index (χ4n) is 1.51. The highest BCUT2D eigenvalue weighted by atomic mass is 16.4. The van der Waals surface area contributed by atoms with Crippen molar-refractivity contribution < 1.29 is 14.7 Å². The molecule has 0 fully saturated rings. The van der Waals surface area contributed by atoms with Crippen molar-refractivity contribution in [2.45, 2.75) is 0 Å². The van der Waals surface area contributed by atoms with Crippen LogP contribution in [0.5, 0.6) is 0 Å². The normalized spacial score (nSPS) is 10.4. The molecule has 2 rings (SSSR count). The van der Waals surface area contributed by atoms with E-state index in [-0.39, 0.29) is 5.91 Å². The second kappa shape index (κ2) is 6.24. The third-order valence-electron chi connectivity index (χ3n) is 2.38. The fraction of sp³-hybridized carbons (Fsp3) is 0. The van der Waals surface area contributed by atoms with Gasteiger partial charge in [-0.1, -0.05) is 12.1 Å². The Balaban J connectivity index is 2.14. The average molecular weight is 269 g/mol. The summed E-state index contributed by atoms with van der Waals surface area (Å²) in [4.78, 5) is 22.4. The molecule has 1 amide bonds. The second-order valence-corrected chi connectivity index (χ2v) is 3.86. The highest BCUT2D eigenvalue weighted by molar-refractivity contribution is 6.04. The Labute approximate surface area is 114 Å². The number of amides is 1. The summed E-state index contributed by atoms with van der Waals surface area (Å²) in [6.07, 6.45) is 3.94. The molecule has 100 valence electrons. The van der Waals surface area contributed by atoms with E-state index in [9.17, 15) is 9.59 Å². The van der Waals surface area contributed by atoms with E-state index in [1.807, 2.05) is 0 Å². The molecule has 2 N–H and O–H groups in total. The minimum absolute atomic E-state index is 0.337. The van der Waals surface area contributed by atoms with E-state index in [4.69, 9.17) is 5.11 Å². The zero-order valence-corrected chi connectivity index (χ0v) is 10.4. The first-order chi connectivity index (χ1) is 9.65. The van der Waals surface area contributed by atoms with Crippen LogP contribution < -0.4 is 5.32 Å². The first-order valence-corrected chi connectivity index (χ1v) is 5.75. The van der Waals surface area contributed by atoms with E-state index < -0.39 is 5.97 Å². The van der Waals surface area contributed by atoms with Gasteiger partial charge in [0.05, 0.1) is 0 Å². The van der Waals surface area contributed by atoms with Gasteiger partial charge in [0.2, 0.25) is 0 Å². The van der Waals surface area contributed by atoms with Crippen molar-refractivity contribution in [2.24, 2.45) is 0 Å². The quantitative estimate of drug-likeness (QED) is 0.826. The van der Waals surface area contributed by atoms with Gasteiger partial charge in [0.1, 0.15) is 0 Å². The molecule has 0 aliphatic rings. The van der Waals surface area contributed by atoms with E-state index in [1.54, 1.807) is 36.4 Å². The number of carbonyl (C=O) groups excluding carboxylic acids is 1. The van der Waals surface area contributed by atoms with Crippen LogP contribution in [0.25, 0.3) is 6.08 Å². The number of anilines is 1. The lowest BCUT2D eigenvalue weighted by atomic mass is 10.1. The molecular formula is C14H11N3O3. The van der Waals surface area contributed by atoms with Gasteiger partial charge in [-0.3, -0.25) is 4.79 Å². The monoisotopic (exact) mass is 269 g/mol. The molecule has 1 aromatic heterocycles. The number of benzene rings is 1. The van der Waals surface area contributed by atoms with Gasteiger partial charge in [-0.25, -0.2) is 4.79 Å². The molecule has 6 nitrogen and oxygen atoms in total. The molecule has 0 radical (unpaired) electrons. The summed E-state index contributed by atoms with van der Waals surface area (Å²) in [5, 5.41) is 18.6. The lowest BCUT2D eigenvalue weighted by Crippen LogP contribution is -2.13. The van der Waals surface area contributed by atoms with Gasteiger partial charge in [0, 0.05) is 17.8 Å². The van der Waals surface area contributed by atoms with Crippen LogP contribution in [0.15, 0.2) is 48.7 Å². The molecule has 6 heteroatoms. The summed E-state index contributed by atoms with van der Waals surface area (Å²) in [6, 6.07) is 9.88. The summed E-state index contributed by atoms with van der Waals surface area (Å²) >= 11 is 0. The molecule has 0 spiro atoms. The number of hydrogen-bond acceptors (Lipinski definition) is 4. The number of nitrogens with one attached hydrogen (secondary N) is 1. The molecule has 2 aromatic rings. The van der Waals surface area contributed by atoms with Crippen LogP contribution in [-0.4, -0.2) is 27.2 Å². The zero-order valence-electron chi connectivity index (χ0n) is 10.4. The Bertz CT molecular complexity index is 654.